The van der Waals surface area contributed by atoms with Crippen molar-refractivity contribution in [3.8, 4) is 0 Å². The van der Waals surface area contributed by atoms with E-state index in [1.807, 2.05) is 0 Å². The highest BCUT2D eigenvalue weighted by atomic mass is 16.4. The van der Waals surface area contributed by atoms with Crippen molar-refractivity contribution in [2.24, 2.45) is 0 Å². The van der Waals surface area contributed by atoms with E-state index in [0.29, 0.717) is 23.1 Å². The zero-order chi connectivity index (χ0) is 19.8. The SMILES string of the molecule is CN1CCN(CCNc2nc3c(c4ccc(C(=O)O)cc24)C(=O)C(=O)N3)CC1. The molecule has 9 nitrogen and oxygen atoms in total. The molecule has 1 amide bonds. The van der Waals surface area contributed by atoms with Crippen LogP contribution in [0.2, 0.25) is 0 Å². The second-order valence-corrected chi connectivity index (χ2v) is 7.10. The van der Waals surface area contributed by atoms with Crippen molar-refractivity contribution in [1.82, 2.24) is 14.8 Å². The summed E-state index contributed by atoms with van der Waals surface area (Å²) in [7, 11) is 2.10. The maximum absolute atomic E-state index is 12.2. The summed E-state index contributed by atoms with van der Waals surface area (Å²) in [6.07, 6.45) is 0. The van der Waals surface area contributed by atoms with E-state index in [0.717, 1.165) is 32.7 Å². The van der Waals surface area contributed by atoms with Gasteiger partial charge in [-0.15, -0.1) is 0 Å². The summed E-state index contributed by atoms with van der Waals surface area (Å²) in [5.41, 5.74) is 0.294. The van der Waals surface area contributed by atoms with E-state index in [-0.39, 0.29) is 16.9 Å². The number of hydrogen-bond donors (Lipinski definition) is 3. The number of ketones is 1. The number of fused-ring (bicyclic) bond motifs is 3. The van der Waals surface area contributed by atoms with Crippen molar-refractivity contribution >= 4 is 40.1 Å². The number of amides is 1. The van der Waals surface area contributed by atoms with Gasteiger partial charge in [0.15, 0.2) is 0 Å². The van der Waals surface area contributed by atoms with Crippen LogP contribution in [0.1, 0.15) is 20.7 Å². The molecule has 2 aliphatic heterocycles. The maximum Gasteiger partial charge on any atom is 0.335 e. The lowest BCUT2D eigenvalue weighted by Crippen LogP contribution is -2.45. The summed E-state index contributed by atoms with van der Waals surface area (Å²) >= 11 is 0. The van der Waals surface area contributed by atoms with E-state index in [4.69, 9.17) is 0 Å². The molecule has 1 saturated heterocycles. The summed E-state index contributed by atoms with van der Waals surface area (Å²) in [5, 5.41) is 16.1. The molecule has 2 aromatic rings. The van der Waals surface area contributed by atoms with Gasteiger partial charge in [-0.25, -0.2) is 9.78 Å². The molecule has 0 atom stereocenters. The Kier molecular flexibility index (Phi) is 4.70. The number of Topliss-reactive ketones (excluding diaryl/α,β-unsaturated/α-hetero) is 1. The van der Waals surface area contributed by atoms with Gasteiger partial charge < -0.3 is 20.6 Å². The van der Waals surface area contributed by atoms with Crippen LogP contribution in [0, 0.1) is 0 Å². The number of carbonyl (C=O) groups is 3. The van der Waals surface area contributed by atoms with Crippen LogP contribution in [-0.2, 0) is 4.79 Å². The number of carbonyl (C=O) groups excluding carboxylic acids is 2. The van der Waals surface area contributed by atoms with Crippen LogP contribution in [0.15, 0.2) is 18.2 Å². The Morgan fingerprint density at radius 2 is 1.96 bits per heavy atom. The lowest BCUT2D eigenvalue weighted by atomic mass is 10.0. The van der Waals surface area contributed by atoms with Crippen molar-refractivity contribution in [1.29, 1.82) is 0 Å². The molecule has 146 valence electrons. The molecule has 9 heteroatoms. The molecule has 28 heavy (non-hydrogen) atoms. The molecule has 0 unspecified atom stereocenters. The normalized spacial score (nSPS) is 17.6. The fourth-order valence-electron chi connectivity index (χ4n) is 3.58. The fraction of sp³-hybridized carbons (Fsp3) is 0.368. The van der Waals surface area contributed by atoms with Crippen LogP contribution in [0.5, 0.6) is 0 Å². The van der Waals surface area contributed by atoms with E-state index in [1.54, 1.807) is 6.07 Å². The molecule has 3 heterocycles. The molecule has 1 aromatic heterocycles. The average Bonchev–Trinajstić information content (AvgIpc) is 2.96. The molecule has 0 bridgehead atoms. The number of piperazine rings is 1. The van der Waals surface area contributed by atoms with Gasteiger partial charge in [-0.05, 0) is 19.2 Å². The quantitative estimate of drug-likeness (QED) is 0.648. The first kappa shape index (κ1) is 18.3. The largest absolute Gasteiger partial charge is 0.478 e. The fourth-order valence-corrected chi connectivity index (χ4v) is 3.58. The Morgan fingerprint density at radius 1 is 1.21 bits per heavy atom. The van der Waals surface area contributed by atoms with E-state index in [2.05, 4.69) is 32.5 Å². The Bertz CT molecular complexity index is 982. The van der Waals surface area contributed by atoms with E-state index in [1.165, 1.54) is 12.1 Å². The van der Waals surface area contributed by atoms with E-state index in [9.17, 15) is 19.5 Å². The minimum atomic E-state index is -1.06. The number of nitrogens with zero attached hydrogens (tertiary/aromatic N) is 3. The highest BCUT2D eigenvalue weighted by Crippen LogP contribution is 2.34. The van der Waals surface area contributed by atoms with E-state index >= 15 is 0 Å². The number of carboxylic acids is 1. The molecule has 3 N–H and O–H groups in total. The second kappa shape index (κ2) is 7.17. The van der Waals surface area contributed by atoms with Crippen molar-refractivity contribution in [3.05, 3.63) is 29.3 Å². The number of rotatable bonds is 5. The third kappa shape index (κ3) is 3.30. The Labute approximate surface area is 161 Å². The third-order valence-electron chi connectivity index (χ3n) is 5.23. The van der Waals surface area contributed by atoms with Crippen molar-refractivity contribution in [3.63, 3.8) is 0 Å². The molecular weight excluding hydrogens is 362 g/mol. The van der Waals surface area contributed by atoms with Crippen molar-refractivity contribution in [2.45, 2.75) is 0 Å². The minimum Gasteiger partial charge on any atom is -0.478 e. The zero-order valence-electron chi connectivity index (χ0n) is 15.5. The lowest BCUT2D eigenvalue weighted by Gasteiger charge is -2.32. The molecule has 4 rings (SSSR count). The number of hydrogen-bond acceptors (Lipinski definition) is 7. The summed E-state index contributed by atoms with van der Waals surface area (Å²) in [6, 6.07) is 4.47. The van der Waals surface area contributed by atoms with Gasteiger partial charge in [0.1, 0.15) is 11.6 Å². The molecular formula is C19H21N5O4. The first-order chi connectivity index (χ1) is 13.4. The lowest BCUT2D eigenvalue weighted by molar-refractivity contribution is -0.112. The van der Waals surface area contributed by atoms with Gasteiger partial charge >= 0.3 is 5.97 Å². The molecule has 1 fully saturated rings. The number of aromatic nitrogens is 1. The first-order valence-electron chi connectivity index (χ1n) is 9.15. The Morgan fingerprint density at radius 3 is 2.68 bits per heavy atom. The predicted molar refractivity (Wildman–Crippen MR) is 104 cm³/mol. The Hall–Kier alpha value is -3.04. The van der Waals surface area contributed by atoms with Crippen LogP contribution in [0.3, 0.4) is 0 Å². The number of nitrogens with one attached hydrogen (secondary N) is 2. The van der Waals surface area contributed by atoms with E-state index < -0.39 is 17.7 Å². The summed E-state index contributed by atoms with van der Waals surface area (Å²) < 4.78 is 0. The number of aromatic carboxylic acids is 1. The summed E-state index contributed by atoms with van der Waals surface area (Å²) in [4.78, 5) is 44.4. The van der Waals surface area contributed by atoms with Crippen LogP contribution in [0.4, 0.5) is 11.6 Å². The Balaban J connectivity index is 1.63. The van der Waals surface area contributed by atoms with Crippen molar-refractivity contribution < 1.29 is 19.5 Å². The average molecular weight is 383 g/mol. The molecule has 0 radical (unpaired) electrons. The molecule has 0 aliphatic carbocycles. The second-order valence-electron chi connectivity index (χ2n) is 7.10. The van der Waals surface area contributed by atoms with Crippen LogP contribution in [-0.4, -0.2) is 83.9 Å². The molecule has 0 saturated carbocycles. The highest BCUT2D eigenvalue weighted by Gasteiger charge is 2.32. The smallest absolute Gasteiger partial charge is 0.335 e. The number of benzene rings is 1. The van der Waals surface area contributed by atoms with Gasteiger partial charge in [-0.1, -0.05) is 6.07 Å². The first-order valence-corrected chi connectivity index (χ1v) is 9.15. The third-order valence-corrected chi connectivity index (χ3v) is 5.23. The minimum absolute atomic E-state index is 0.0982. The van der Waals surface area contributed by atoms with Crippen LogP contribution >= 0.6 is 0 Å². The van der Waals surface area contributed by atoms with Crippen molar-refractivity contribution in [2.75, 3.05) is 56.9 Å². The monoisotopic (exact) mass is 383 g/mol. The topological polar surface area (TPSA) is 115 Å². The molecule has 0 spiro atoms. The van der Waals surface area contributed by atoms with Gasteiger partial charge in [0.25, 0.3) is 11.7 Å². The predicted octanol–water partition coefficient (Wildman–Crippen LogP) is 0.727. The molecule has 1 aromatic carbocycles. The van der Waals surface area contributed by atoms with Gasteiger partial charge in [-0.3, -0.25) is 14.5 Å². The van der Waals surface area contributed by atoms with Crippen LogP contribution in [0.25, 0.3) is 10.8 Å². The van der Waals surface area contributed by atoms with Gasteiger partial charge in [0.05, 0.1) is 11.1 Å². The van der Waals surface area contributed by atoms with Crippen LogP contribution < -0.4 is 10.6 Å². The summed E-state index contributed by atoms with van der Waals surface area (Å²) in [5.74, 6) is -1.76. The summed E-state index contributed by atoms with van der Waals surface area (Å²) in [6.45, 7) is 5.46. The number of anilines is 2. The van der Waals surface area contributed by atoms with Gasteiger partial charge in [0, 0.05) is 50.0 Å². The van der Waals surface area contributed by atoms with Gasteiger partial charge in [-0.2, -0.15) is 0 Å². The molecule has 2 aliphatic rings. The van der Waals surface area contributed by atoms with Gasteiger partial charge in [0.2, 0.25) is 0 Å². The standard InChI is InChI=1S/C19H21N5O4/c1-23-6-8-24(9-7-23)5-4-20-16-13-10-11(19(27)28)2-3-12(13)14-15(25)18(26)22-17(14)21-16/h2-3,10H,4-9H2,1H3,(H,27,28)(H2,20,21,22,25,26). The number of pyridine rings is 1. The maximum atomic E-state index is 12.2. The zero-order valence-corrected chi connectivity index (χ0v) is 15.5. The number of likely N-dealkylation sites (N-methyl/N-ethyl adjacent to an activating group) is 1. The highest BCUT2D eigenvalue weighted by molar-refractivity contribution is 6.53. The number of carboxylic acid groups (broad SMARTS) is 1.